The van der Waals surface area contributed by atoms with E-state index in [-0.39, 0.29) is 47.4 Å². The third-order valence-electron chi connectivity index (χ3n) is 17.5. The largest absolute Gasteiger partial charge is 0.544 e. The molecule has 1 amide bonds. The van der Waals surface area contributed by atoms with Gasteiger partial charge in [-0.3, -0.25) is 4.79 Å². The van der Waals surface area contributed by atoms with Crippen molar-refractivity contribution in [1.29, 1.82) is 0 Å². The first-order chi connectivity index (χ1) is 40.4. The van der Waals surface area contributed by atoms with Crippen LogP contribution in [-0.2, 0) is 58.1 Å². The first kappa shape index (κ1) is 63.2. The summed E-state index contributed by atoms with van der Waals surface area (Å²) < 4.78 is 92.8. The van der Waals surface area contributed by atoms with E-state index < -0.39 is 81.1 Å². The molecule has 15 heteroatoms. The number of benzene rings is 7. The van der Waals surface area contributed by atoms with Gasteiger partial charge in [0.25, 0.3) is 0 Å². The Bertz CT molecular complexity index is 3400. The lowest BCUT2D eigenvalue weighted by Crippen LogP contribution is -2.61. The van der Waals surface area contributed by atoms with Gasteiger partial charge < -0.3 is 36.9 Å². The first-order valence-electron chi connectivity index (χ1n) is 29.7. The second-order valence-electron chi connectivity index (χ2n) is 25.7. The fourth-order valence-electron chi connectivity index (χ4n) is 10.6. The highest BCUT2D eigenvalue weighted by atomic mass is 32.2. The summed E-state index contributed by atoms with van der Waals surface area (Å²) in [5, 5.41) is -0.152. The van der Waals surface area contributed by atoms with E-state index in [1.54, 1.807) is 23.1 Å². The van der Waals surface area contributed by atoms with E-state index in [9.17, 15) is 9.18 Å². The maximum absolute atomic E-state index is 15.4. The van der Waals surface area contributed by atoms with E-state index in [1.165, 1.54) is 12.1 Å². The van der Waals surface area contributed by atoms with Crippen LogP contribution >= 0.6 is 0 Å². The second kappa shape index (κ2) is 26.8. The minimum absolute atomic E-state index is 0.0179. The number of halogens is 1. The molecule has 450 valence electrons. The highest BCUT2D eigenvalue weighted by molar-refractivity contribution is 7.87. The molecule has 0 bridgehead atoms. The molecular formula is C70H84FNO10SSi2. The smallest absolute Gasteiger partial charge is 0.311 e. The zero-order chi connectivity index (χ0) is 60.7. The van der Waals surface area contributed by atoms with Gasteiger partial charge in [0.2, 0.25) is 14.2 Å². The Morgan fingerprint density at radius 1 is 0.600 bits per heavy atom. The quantitative estimate of drug-likeness (QED) is 0.0329. The molecule has 2 aliphatic rings. The average Bonchev–Trinajstić information content (AvgIpc) is 0.949. The Labute approximate surface area is 506 Å². The average molecular weight is 1210 g/mol. The summed E-state index contributed by atoms with van der Waals surface area (Å²) in [5.74, 6) is -0.886. The van der Waals surface area contributed by atoms with Gasteiger partial charge in [-0.1, -0.05) is 187 Å². The fraction of sp³-hybridized carbons (Fsp3) is 0.386. The molecular weight excluding hydrogens is 1120 g/mol. The van der Waals surface area contributed by atoms with Crippen molar-refractivity contribution in [1.82, 2.24) is 0 Å². The Morgan fingerprint density at radius 2 is 1.09 bits per heavy atom. The molecule has 0 aromatic heterocycles. The molecule has 0 spiro atoms. The number of carbonyl (C=O) groups is 1. The van der Waals surface area contributed by atoms with Crippen LogP contribution in [0.25, 0.3) is 11.1 Å². The summed E-state index contributed by atoms with van der Waals surface area (Å²) in [6.45, 7) is 24.4. The lowest BCUT2D eigenvalue weighted by molar-refractivity contribution is -0.256. The van der Waals surface area contributed by atoms with E-state index in [1.807, 2.05) is 165 Å². The summed E-state index contributed by atoms with van der Waals surface area (Å²) in [7, 11) is -9.17. The minimum Gasteiger partial charge on any atom is -0.544 e. The fourth-order valence-corrected chi connectivity index (χ4v) is 14.1. The monoisotopic (exact) mass is 1210 g/mol. The molecule has 2 fully saturated rings. The van der Waals surface area contributed by atoms with Crippen LogP contribution in [0.4, 0.5) is 10.1 Å². The third-order valence-corrected chi connectivity index (χ3v) is 27.5. The van der Waals surface area contributed by atoms with Gasteiger partial charge >= 0.3 is 10.1 Å². The van der Waals surface area contributed by atoms with E-state index in [0.29, 0.717) is 29.7 Å². The molecule has 9 rings (SSSR count). The number of rotatable bonds is 24. The van der Waals surface area contributed by atoms with Crippen LogP contribution in [0.3, 0.4) is 0 Å². The number of ether oxygens (including phenoxy) is 4. The van der Waals surface area contributed by atoms with E-state index in [0.717, 1.165) is 33.6 Å². The van der Waals surface area contributed by atoms with Crippen LogP contribution in [0.5, 0.6) is 11.5 Å². The number of para-hydroxylation sites is 1. The number of carbonyl (C=O) groups excluding carboxylic acids is 1. The molecule has 7 aromatic carbocycles. The van der Waals surface area contributed by atoms with Gasteiger partial charge in [0.05, 0.1) is 44.0 Å². The third kappa shape index (κ3) is 15.7. The van der Waals surface area contributed by atoms with Crippen molar-refractivity contribution in [3.8, 4) is 22.6 Å². The Balaban J connectivity index is 1.10. The number of hydrogen-bond acceptors (Lipinski definition) is 10. The van der Waals surface area contributed by atoms with Gasteiger partial charge in [0.15, 0.2) is 8.32 Å². The van der Waals surface area contributed by atoms with Crippen molar-refractivity contribution in [2.75, 3.05) is 10.7 Å². The number of nitrogens with zero attached hydrogens (tertiary/aromatic N) is 1. The molecule has 2 aliphatic heterocycles. The van der Waals surface area contributed by atoms with E-state index >= 15 is 8.42 Å². The van der Waals surface area contributed by atoms with Gasteiger partial charge in [0, 0.05) is 11.3 Å². The zero-order valence-corrected chi connectivity index (χ0v) is 53.9. The maximum Gasteiger partial charge on any atom is 0.311 e. The zero-order valence-electron chi connectivity index (χ0n) is 51.1. The summed E-state index contributed by atoms with van der Waals surface area (Å²) in [6, 6.07) is 57.9. The van der Waals surface area contributed by atoms with Gasteiger partial charge in [-0.05, 0) is 132 Å². The van der Waals surface area contributed by atoms with Crippen LogP contribution in [0.2, 0.25) is 36.3 Å². The summed E-state index contributed by atoms with van der Waals surface area (Å²) >= 11 is 0. The molecule has 2 unspecified atom stereocenters. The minimum atomic E-state index is -4.60. The van der Waals surface area contributed by atoms with Crippen molar-refractivity contribution in [3.63, 3.8) is 0 Å². The van der Waals surface area contributed by atoms with E-state index in [4.69, 9.17) is 32.0 Å². The molecule has 0 N–H and O–H groups in total. The lowest BCUT2D eigenvalue weighted by atomic mass is 9.77. The van der Waals surface area contributed by atoms with Crippen molar-refractivity contribution >= 4 is 38.3 Å². The van der Waals surface area contributed by atoms with Crippen LogP contribution in [0, 0.1) is 11.7 Å². The molecule has 7 aromatic rings. The molecule has 0 radical (unpaired) electrons. The summed E-state index contributed by atoms with van der Waals surface area (Å²) in [4.78, 5) is 16.6. The molecule has 11 nitrogen and oxygen atoms in total. The lowest BCUT2D eigenvalue weighted by Gasteiger charge is -2.48. The summed E-state index contributed by atoms with van der Waals surface area (Å²) in [5.41, 5.74) is 6.25. The van der Waals surface area contributed by atoms with Crippen LogP contribution in [0.15, 0.2) is 188 Å². The number of hydrogen-bond donors (Lipinski definition) is 0. The van der Waals surface area contributed by atoms with Crippen LogP contribution in [0.1, 0.15) is 101 Å². The number of anilines is 1. The van der Waals surface area contributed by atoms with Gasteiger partial charge in [-0.25, -0.2) is 4.39 Å². The Morgan fingerprint density at radius 3 is 1.62 bits per heavy atom. The van der Waals surface area contributed by atoms with Crippen molar-refractivity contribution in [2.45, 2.75) is 160 Å². The summed E-state index contributed by atoms with van der Waals surface area (Å²) in [6.07, 6.45) is -3.79. The van der Waals surface area contributed by atoms with Gasteiger partial charge in [-0.15, -0.1) is 0 Å². The van der Waals surface area contributed by atoms with Gasteiger partial charge in [0.1, 0.15) is 47.5 Å². The van der Waals surface area contributed by atoms with Gasteiger partial charge in [-0.2, -0.15) is 8.42 Å². The molecule has 85 heavy (non-hydrogen) atoms. The predicted octanol–water partition coefficient (Wildman–Crippen LogP) is 16.4. The SMILES string of the molecule is CC1O[C@@H](CS(=O)(=O)Oc2cc(-c3ccc(O[Si](C)(C)C(C)(C)C)cc3)ccc2[C@@H]2[C@@H](CC[C@H](O[Si](C)(C)C(C)(C)C)c3ccc(F)cc3)C(=O)N2c2ccccc2)C(OCc2ccccc2)[C@@H](OCc2ccccc2)[C@@H]1OCc1ccccc1. The molecule has 2 heterocycles. The molecule has 0 aliphatic carbocycles. The van der Waals surface area contributed by atoms with Crippen molar-refractivity contribution < 1.29 is 49.6 Å². The van der Waals surface area contributed by atoms with Crippen LogP contribution < -0.4 is 13.5 Å². The highest BCUT2D eigenvalue weighted by Gasteiger charge is 2.52. The predicted molar refractivity (Wildman–Crippen MR) is 340 cm³/mol. The molecule has 2 saturated heterocycles. The normalized spacial score (nSPS) is 20.8. The molecule has 0 saturated carbocycles. The standard InChI is InChI=1S/C70H84FNO10SSi2/c1-49-65(76-45-50-24-16-12-17-25-50)67(78-47-52-28-20-14-21-29-52)66(77-46-51-26-18-13-19-27-51)63(79-49)48-83(74,75)80-62-44-55(53-34-39-58(40-35-53)81-84(8,9)69(2,3)4)36-41-59(62)64-60(68(73)72(64)57-30-22-15-23-31-57)42-43-61(54-32-37-56(71)38-33-54)82-85(10,11)70(5,6)7/h12-41,44,49,60-61,63-67H,42-43,45-48H2,1-11H3/t49?,60-,61+,63+,64-,65-,66?,67+/m1/s1. The Kier molecular flexibility index (Phi) is 19.9. The second-order valence-corrected chi connectivity index (χ2v) is 36.8. The van der Waals surface area contributed by atoms with Crippen molar-refractivity contribution in [3.05, 3.63) is 222 Å². The Hall–Kier alpha value is -6.28. The highest BCUT2D eigenvalue weighted by Crippen LogP contribution is 2.51. The van der Waals surface area contributed by atoms with E-state index in [2.05, 4.69) is 67.7 Å². The maximum atomic E-state index is 15.4. The van der Waals surface area contributed by atoms with Crippen LogP contribution in [-0.4, -0.2) is 67.2 Å². The molecule has 8 atom stereocenters. The topological polar surface area (TPSA) is 119 Å². The number of β-lactam (4-membered cyclic amide) rings is 1. The first-order valence-corrected chi connectivity index (χ1v) is 37.0. The number of amides is 1. The van der Waals surface area contributed by atoms with Crippen molar-refractivity contribution in [2.24, 2.45) is 5.92 Å².